The Labute approximate surface area is 56.4 Å². The van der Waals surface area contributed by atoms with Crippen molar-refractivity contribution in [3.05, 3.63) is 12.2 Å². The van der Waals surface area contributed by atoms with Crippen LogP contribution in [0.25, 0.3) is 0 Å². The van der Waals surface area contributed by atoms with E-state index in [4.69, 9.17) is 5.11 Å². The molecular weight excluding hydrogens is 112 g/mol. The third kappa shape index (κ3) is 1.16. The van der Waals surface area contributed by atoms with Crippen molar-refractivity contribution in [3.8, 4) is 0 Å². The quantitative estimate of drug-likeness (QED) is 0.557. The third-order valence-corrected chi connectivity index (χ3v) is 2.21. The number of hydrogen-bond donors (Lipinski definition) is 1. The van der Waals surface area contributed by atoms with E-state index in [1.54, 1.807) is 0 Å². The summed E-state index contributed by atoms with van der Waals surface area (Å²) < 4.78 is 0. The zero-order valence-electron chi connectivity index (χ0n) is 6.09. The molecule has 0 aliphatic heterocycles. The lowest BCUT2D eigenvalue weighted by molar-refractivity contribution is 0.217. The van der Waals surface area contributed by atoms with E-state index < -0.39 is 0 Å². The summed E-state index contributed by atoms with van der Waals surface area (Å²) in [5.41, 5.74) is 0.229. The van der Waals surface area contributed by atoms with Crippen molar-refractivity contribution in [2.24, 2.45) is 11.3 Å². The lowest BCUT2D eigenvalue weighted by Gasteiger charge is -2.01. The van der Waals surface area contributed by atoms with Crippen LogP contribution in [0.3, 0.4) is 0 Å². The number of aliphatic hydroxyl groups is 1. The first-order chi connectivity index (χ1) is 4.23. The highest BCUT2D eigenvalue weighted by molar-refractivity contribution is 5.08. The van der Waals surface area contributed by atoms with E-state index in [1.165, 1.54) is 0 Å². The van der Waals surface area contributed by atoms with E-state index in [9.17, 15) is 0 Å². The molecule has 0 aromatic heterocycles. The van der Waals surface area contributed by atoms with Crippen LogP contribution in [0.2, 0.25) is 0 Å². The lowest BCUT2D eigenvalue weighted by atomic mass is 10.1. The first-order valence-electron chi connectivity index (χ1n) is 3.46. The summed E-state index contributed by atoms with van der Waals surface area (Å²) in [7, 11) is 0. The van der Waals surface area contributed by atoms with Gasteiger partial charge in [0.2, 0.25) is 0 Å². The first-order valence-corrected chi connectivity index (χ1v) is 3.46. The lowest BCUT2D eigenvalue weighted by Crippen LogP contribution is -2.02. The number of rotatable bonds is 2. The molecule has 1 rings (SSSR count). The van der Waals surface area contributed by atoms with Crippen LogP contribution in [0.15, 0.2) is 12.2 Å². The van der Waals surface area contributed by atoms with Gasteiger partial charge in [0.25, 0.3) is 0 Å². The van der Waals surface area contributed by atoms with Gasteiger partial charge in [-0.3, -0.25) is 0 Å². The maximum absolute atomic E-state index is 8.83. The van der Waals surface area contributed by atoms with E-state index in [-0.39, 0.29) is 5.41 Å². The van der Waals surface area contributed by atoms with Crippen molar-refractivity contribution < 1.29 is 5.11 Å². The molecule has 1 saturated carbocycles. The molecule has 52 valence electrons. The van der Waals surface area contributed by atoms with E-state index in [2.05, 4.69) is 19.1 Å². The Hall–Kier alpha value is -0.300. The molecule has 1 heteroatoms. The summed E-state index contributed by atoms with van der Waals surface area (Å²) in [6.07, 6.45) is 5.40. The Morgan fingerprint density at radius 2 is 2.44 bits per heavy atom. The Morgan fingerprint density at radius 1 is 1.78 bits per heavy atom. The van der Waals surface area contributed by atoms with Crippen LogP contribution in [-0.4, -0.2) is 11.7 Å². The average molecular weight is 126 g/mol. The molecule has 1 aliphatic rings. The fraction of sp³-hybridized carbons (Fsp3) is 0.750. The van der Waals surface area contributed by atoms with E-state index in [1.807, 2.05) is 6.92 Å². The van der Waals surface area contributed by atoms with Crippen LogP contribution in [-0.2, 0) is 0 Å². The molecule has 2 atom stereocenters. The monoisotopic (exact) mass is 126 g/mol. The second-order valence-electron chi connectivity index (χ2n) is 3.15. The SMILES string of the molecule is C/C=C/[C@H]1C[C@@]1(C)CO. The molecular formula is C8H14O. The molecule has 0 spiro atoms. The van der Waals surface area contributed by atoms with Gasteiger partial charge in [0.05, 0.1) is 0 Å². The number of aliphatic hydroxyl groups excluding tert-OH is 1. The van der Waals surface area contributed by atoms with Gasteiger partial charge in [-0.05, 0) is 24.7 Å². The smallest absolute Gasteiger partial charge is 0.0490 e. The molecule has 0 saturated heterocycles. The zero-order valence-corrected chi connectivity index (χ0v) is 6.09. The standard InChI is InChI=1S/C8H14O/c1-3-4-7-5-8(7,2)6-9/h3-4,7,9H,5-6H2,1-2H3/b4-3+/t7-,8-/m0/s1. The van der Waals surface area contributed by atoms with E-state index in [0.29, 0.717) is 12.5 Å². The normalized spacial score (nSPS) is 41.9. The summed E-state index contributed by atoms with van der Waals surface area (Å²) in [6, 6.07) is 0. The molecule has 0 unspecified atom stereocenters. The van der Waals surface area contributed by atoms with Crippen molar-refractivity contribution in [1.29, 1.82) is 0 Å². The molecule has 1 fully saturated rings. The largest absolute Gasteiger partial charge is 0.396 e. The van der Waals surface area contributed by atoms with Crippen molar-refractivity contribution in [3.63, 3.8) is 0 Å². The van der Waals surface area contributed by atoms with Crippen LogP contribution >= 0.6 is 0 Å². The second kappa shape index (κ2) is 2.14. The molecule has 1 aliphatic carbocycles. The summed E-state index contributed by atoms with van der Waals surface area (Å²) in [5.74, 6) is 0.646. The molecule has 0 bridgehead atoms. The molecule has 0 radical (unpaired) electrons. The molecule has 9 heavy (non-hydrogen) atoms. The number of hydrogen-bond acceptors (Lipinski definition) is 1. The fourth-order valence-electron chi connectivity index (χ4n) is 1.16. The van der Waals surface area contributed by atoms with Gasteiger partial charge in [-0.15, -0.1) is 0 Å². The van der Waals surface area contributed by atoms with Gasteiger partial charge in [-0.2, -0.15) is 0 Å². The van der Waals surface area contributed by atoms with Gasteiger partial charge >= 0.3 is 0 Å². The van der Waals surface area contributed by atoms with Crippen LogP contribution < -0.4 is 0 Å². The van der Waals surface area contributed by atoms with Gasteiger partial charge in [0.15, 0.2) is 0 Å². The second-order valence-corrected chi connectivity index (χ2v) is 3.15. The molecule has 0 heterocycles. The molecule has 1 N–H and O–H groups in total. The van der Waals surface area contributed by atoms with Gasteiger partial charge in [-0.1, -0.05) is 19.1 Å². The van der Waals surface area contributed by atoms with Crippen molar-refractivity contribution in [2.45, 2.75) is 20.3 Å². The van der Waals surface area contributed by atoms with Crippen LogP contribution in [0.5, 0.6) is 0 Å². The van der Waals surface area contributed by atoms with Crippen molar-refractivity contribution >= 4 is 0 Å². The van der Waals surface area contributed by atoms with Crippen LogP contribution in [0.4, 0.5) is 0 Å². The maximum atomic E-state index is 8.83. The Kier molecular flexibility index (Phi) is 1.62. The molecule has 0 amide bonds. The summed E-state index contributed by atoms with van der Waals surface area (Å²) in [4.78, 5) is 0. The fourth-order valence-corrected chi connectivity index (χ4v) is 1.16. The summed E-state index contributed by atoms with van der Waals surface area (Å²) in [5, 5.41) is 8.83. The highest BCUT2D eigenvalue weighted by Gasteiger charge is 2.47. The summed E-state index contributed by atoms with van der Waals surface area (Å²) in [6.45, 7) is 4.48. The van der Waals surface area contributed by atoms with Gasteiger partial charge in [0.1, 0.15) is 0 Å². The van der Waals surface area contributed by atoms with E-state index >= 15 is 0 Å². The Morgan fingerprint density at radius 3 is 2.78 bits per heavy atom. The first kappa shape index (κ1) is 6.81. The van der Waals surface area contributed by atoms with Gasteiger partial charge < -0.3 is 5.11 Å². The topological polar surface area (TPSA) is 20.2 Å². The van der Waals surface area contributed by atoms with Crippen LogP contribution in [0, 0.1) is 11.3 Å². The van der Waals surface area contributed by atoms with Crippen molar-refractivity contribution in [2.75, 3.05) is 6.61 Å². The minimum Gasteiger partial charge on any atom is -0.396 e. The van der Waals surface area contributed by atoms with Crippen molar-refractivity contribution in [1.82, 2.24) is 0 Å². The van der Waals surface area contributed by atoms with Crippen LogP contribution in [0.1, 0.15) is 20.3 Å². The summed E-state index contributed by atoms with van der Waals surface area (Å²) >= 11 is 0. The Bertz CT molecular complexity index is 129. The predicted octanol–water partition coefficient (Wildman–Crippen LogP) is 1.58. The number of allylic oxidation sites excluding steroid dienone is 2. The van der Waals surface area contributed by atoms with Gasteiger partial charge in [0, 0.05) is 6.61 Å². The average Bonchev–Trinajstić information content (AvgIpc) is 2.46. The molecule has 1 nitrogen and oxygen atoms in total. The zero-order chi connectivity index (χ0) is 6.91. The molecule has 0 aromatic rings. The highest BCUT2D eigenvalue weighted by atomic mass is 16.3. The maximum Gasteiger partial charge on any atom is 0.0490 e. The van der Waals surface area contributed by atoms with Gasteiger partial charge in [-0.25, -0.2) is 0 Å². The predicted molar refractivity (Wildman–Crippen MR) is 38.1 cm³/mol. The highest BCUT2D eigenvalue weighted by Crippen LogP contribution is 2.52. The molecule has 0 aromatic carbocycles. The Balaban J connectivity index is 2.38. The minimum atomic E-state index is 0.229. The van der Waals surface area contributed by atoms with E-state index in [0.717, 1.165) is 6.42 Å². The third-order valence-electron chi connectivity index (χ3n) is 2.21. The minimum absolute atomic E-state index is 0.229.